The lowest BCUT2D eigenvalue weighted by atomic mass is 10.2. The van der Waals surface area contributed by atoms with Crippen molar-refractivity contribution < 1.29 is 4.52 Å². The maximum absolute atomic E-state index is 5.09. The zero-order valence-electron chi connectivity index (χ0n) is 13.0. The molecular formula is C15H23N5O. The number of fused-ring (bicyclic) bond motifs is 1. The van der Waals surface area contributed by atoms with E-state index in [9.17, 15) is 0 Å². The molecule has 6 nitrogen and oxygen atoms in total. The number of aromatic nitrogens is 1. The van der Waals surface area contributed by atoms with Gasteiger partial charge in [0.1, 0.15) is 12.4 Å². The fraction of sp³-hybridized carbons (Fsp3) is 0.600. The van der Waals surface area contributed by atoms with Gasteiger partial charge in [-0.15, -0.1) is 0 Å². The van der Waals surface area contributed by atoms with Gasteiger partial charge in [0.2, 0.25) is 0 Å². The van der Waals surface area contributed by atoms with Gasteiger partial charge in [-0.25, -0.2) is 4.99 Å². The molecule has 0 aliphatic carbocycles. The highest BCUT2D eigenvalue weighted by Crippen LogP contribution is 2.20. The number of amidine groups is 1. The molecule has 0 unspecified atom stereocenters. The minimum atomic E-state index is 0.769. The van der Waals surface area contributed by atoms with Gasteiger partial charge < -0.3 is 19.2 Å². The van der Waals surface area contributed by atoms with E-state index in [4.69, 9.17) is 4.52 Å². The first-order valence-corrected chi connectivity index (χ1v) is 7.48. The molecule has 1 aromatic heterocycles. The van der Waals surface area contributed by atoms with Gasteiger partial charge in [-0.3, -0.25) is 0 Å². The van der Waals surface area contributed by atoms with E-state index in [-0.39, 0.29) is 0 Å². The predicted molar refractivity (Wildman–Crippen MR) is 81.7 cm³/mol. The third-order valence-electron chi connectivity index (χ3n) is 3.94. The number of aliphatic imine (C=N–C) groups is 1. The monoisotopic (exact) mass is 289 g/mol. The number of aryl methyl sites for hydroxylation is 2. The summed E-state index contributed by atoms with van der Waals surface area (Å²) in [6, 6.07) is 2.02. The van der Waals surface area contributed by atoms with Crippen LogP contribution in [0, 0.1) is 6.92 Å². The molecule has 6 heteroatoms. The third-order valence-corrected chi connectivity index (χ3v) is 3.94. The largest absolute Gasteiger partial charge is 0.361 e. The van der Waals surface area contributed by atoms with Gasteiger partial charge in [0.15, 0.2) is 5.84 Å². The Labute approximate surface area is 125 Å². The Morgan fingerprint density at radius 1 is 1.24 bits per heavy atom. The molecule has 0 N–H and O–H groups in total. The lowest BCUT2D eigenvalue weighted by Crippen LogP contribution is -2.43. The van der Waals surface area contributed by atoms with E-state index in [0.29, 0.717) is 0 Å². The van der Waals surface area contributed by atoms with Crippen molar-refractivity contribution in [1.82, 2.24) is 19.9 Å². The lowest BCUT2D eigenvalue weighted by Gasteiger charge is -2.34. The Morgan fingerprint density at radius 3 is 2.86 bits per heavy atom. The molecule has 0 bridgehead atoms. The van der Waals surface area contributed by atoms with Crippen LogP contribution in [0.25, 0.3) is 0 Å². The quantitative estimate of drug-likeness (QED) is 0.772. The van der Waals surface area contributed by atoms with Crippen molar-refractivity contribution in [3.05, 3.63) is 29.4 Å². The molecule has 1 aromatic rings. The highest BCUT2D eigenvalue weighted by molar-refractivity contribution is 5.99. The molecule has 0 atom stereocenters. The van der Waals surface area contributed by atoms with Crippen LogP contribution in [0.2, 0.25) is 0 Å². The molecule has 0 aromatic carbocycles. The fourth-order valence-electron chi connectivity index (χ4n) is 2.82. The van der Waals surface area contributed by atoms with E-state index in [0.717, 1.165) is 56.4 Å². The van der Waals surface area contributed by atoms with Gasteiger partial charge in [-0.2, -0.15) is 0 Å². The maximum Gasteiger partial charge on any atom is 0.152 e. The summed E-state index contributed by atoms with van der Waals surface area (Å²) in [6.45, 7) is 4.68. The summed E-state index contributed by atoms with van der Waals surface area (Å²) in [5, 5.41) is 4.03. The Balaban J connectivity index is 1.48. The van der Waals surface area contributed by atoms with E-state index >= 15 is 0 Å². The Hall–Kier alpha value is -1.98. The van der Waals surface area contributed by atoms with E-state index in [1.165, 1.54) is 5.70 Å². The van der Waals surface area contributed by atoms with Crippen molar-refractivity contribution >= 4 is 5.84 Å². The fourth-order valence-corrected chi connectivity index (χ4v) is 2.82. The van der Waals surface area contributed by atoms with Gasteiger partial charge >= 0.3 is 0 Å². The molecule has 2 aliphatic rings. The molecule has 0 fully saturated rings. The predicted octanol–water partition coefficient (Wildman–Crippen LogP) is 1.65. The van der Waals surface area contributed by atoms with Crippen molar-refractivity contribution in [2.24, 2.45) is 4.99 Å². The summed E-state index contributed by atoms with van der Waals surface area (Å²) in [5.41, 5.74) is 2.29. The molecule has 0 saturated carbocycles. The topological polar surface area (TPSA) is 48.1 Å². The SMILES string of the molecule is Cc1cc(CCCCN2C=C3C(=NCN3C)N(C)C2)no1. The molecule has 0 saturated heterocycles. The van der Waals surface area contributed by atoms with Crippen LogP contribution in [0.15, 0.2) is 27.5 Å². The van der Waals surface area contributed by atoms with Crippen LogP contribution in [0.3, 0.4) is 0 Å². The number of likely N-dealkylation sites (N-methyl/N-ethyl adjacent to an activating group) is 2. The minimum Gasteiger partial charge on any atom is -0.361 e. The summed E-state index contributed by atoms with van der Waals surface area (Å²) in [4.78, 5) is 11.3. The number of hydrogen-bond donors (Lipinski definition) is 0. The third kappa shape index (κ3) is 3.04. The zero-order chi connectivity index (χ0) is 14.8. The molecule has 3 rings (SSSR count). The Bertz CT molecular complexity index is 562. The first-order valence-electron chi connectivity index (χ1n) is 7.48. The van der Waals surface area contributed by atoms with Crippen LogP contribution in [0.4, 0.5) is 0 Å². The normalized spacial score (nSPS) is 18.0. The number of nitrogens with zero attached hydrogens (tertiary/aromatic N) is 5. The Morgan fingerprint density at radius 2 is 2.10 bits per heavy atom. The molecule has 0 spiro atoms. The van der Waals surface area contributed by atoms with E-state index in [1.54, 1.807) is 0 Å². The first-order chi connectivity index (χ1) is 10.1. The summed E-state index contributed by atoms with van der Waals surface area (Å²) >= 11 is 0. The standard InChI is InChI=1S/C15H23N5O/c1-12-8-13(17-21-12)6-4-5-7-20-9-14-15(19(3)11-20)16-10-18(14)2/h8-9H,4-7,10-11H2,1-3H3. The van der Waals surface area contributed by atoms with Crippen LogP contribution in [-0.2, 0) is 6.42 Å². The van der Waals surface area contributed by atoms with Gasteiger partial charge in [0.25, 0.3) is 0 Å². The Kier molecular flexibility index (Phi) is 3.86. The number of hydrogen-bond acceptors (Lipinski definition) is 6. The molecule has 0 amide bonds. The maximum atomic E-state index is 5.09. The van der Waals surface area contributed by atoms with Gasteiger partial charge in [-0.1, -0.05) is 5.16 Å². The van der Waals surface area contributed by atoms with Crippen LogP contribution in [0.1, 0.15) is 24.3 Å². The van der Waals surface area contributed by atoms with Crippen LogP contribution in [-0.4, -0.2) is 59.7 Å². The van der Waals surface area contributed by atoms with Crippen LogP contribution >= 0.6 is 0 Å². The van der Waals surface area contributed by atoms with Gasteiger partial charge in [-0.05, 0) is 26.2 Å². The van der Waals surface area contributed by atoms with Gasteiger partial charge in [0.05, 0.1) is 18.1 Å². The number of unbranched alkanes of at least 4 members (excludes halogenated alkanes) is 1. The molecule has 114 valence electrons. The van der Waals surface area contributed by atoms with Crippen molar-refractivity contribution in [3.8, 4) is 0 Å². The number of rotatable bonds is 5. The summed E-state index contributed by atoms with van der Waals surface area (Å²) in [5.74, 6) is 2.01. The average Bonchev–Trinajstić information content (AvgIpc) is 3.02. The second-order valence-electron chi connectivity index (χ2n) is 5.87. The lowest BCUT2D eigenvalue weighted by molar-refractivity contribution is 0.250. The molecule has 0 radical (unpaired) electrons. The van der Waals surface area contributed by atoms with Gasteiger partial charge in [0, 0.05) is 32.9 Å². The molecule has 21 heavy (non-hydrogen) atoms. The van der Waals surface area contributed by atoms with E-state index in [1.807, 2.05) is 13.0 Å². The highest BCUT2D eigenvalue weighted by Gasteiger charge is 2.27. The summed E-state index contributed by atoms with van der Waals surface area (Å²) in [7, 11) is 4.20. The molecule has 2 aliphatic heterocycles. The highest BCUT2D eigenvalue weighted by atomic mass is 16.5. The second-order valence-corrected chi connectivity index (χ2v) is 5.87. The second kappa shape index (κ2) is 5.79. The van der Waals surface area contributed by atoms with E-state index in [2.05, 4.69) is 45.1 Å². The zero-order valence-corrected chi connectivity index (χ0v) is 13.0. The van der Waals surface area contributed by atoms with Crippen molar-refractivity contribution in [1.29, 1.82) is 0 Å². The van der Waals surface area contributed by atoms with Crippen molar-refractivity contribution in [2.75, 3.05) is 34.0 Å². The van der Waals surface area contributed by atoms with Crippen molar-refractivity contribution in [3.63, 3.8) is 0 Å². The summed E-state index contributed by atoms with van der Waals surface area (Å²) < 4.78 is 5.09. The van der Waals surface area contributed by atoms with Crippen molar-refractivity contribution in [2.45, 2.75) is 26.2 Å². The van der Waals surface area contributed by atoms with E-state index < -0.39 is 0 Å². The van der Waals surface area contributed by atoms with Crippen LogP contribution < -0.4 is 0 Å². The average molecular weight is 289 g/mol. The smallest absolute Gasteiger partial charge is 0.152 e. The minimum absolute atomic E-state index is 0.769. The molecular weight excluding hydrogens is 266 g/mol. The first kappa shape index (κ1) is 14.0. The molecule has 3 heterocycles. The van der Waals surface area contributed by atoms with Crippen LogP contribution in [0.5, 0.6) is 0 Å². The summed E-state index contributed by atoms with van der Waals surface area (Å²) in [6.07, 6.45) is 5.52.